The molecule has 0 radical (unpaired) electrons. The molecule has 1 fully saturated rings. The van der Waals surface area contributed by atoms with Crippen LogP contribution in [-0.2, 0) is 6.42 Å². The molecule has 0 saturated heterocycles. The predicted molar refractivity (Wildman–Crippen MR) is 108 cm³/mol. The minimum absolute atomic E-state index is 0.0193. The van der Waals surface area contributed by atoms with Gasteiger partial charge in [0.05, 0.1) is 6.26 Å². The van der Waals surface area contributed by atoms with Gasteiger partial charge in [-0.3, -0.25) is 4.79 Å². The molecule has 1 amide bonds. The fraction of sp³-hybridized carbons (Fsp3) is 0.292. The third-order valence-electron chi connectivity index (χ3n) is 5.53. The topological polar surface area (TPSA) is 42.2 Å². The number of nitrogens with one attached hydrogen (secondary N) is 1. The first-order chi connectivity index (χ1) is 13.3. The van der Waals surface area contributed by atoms with Gasteiger partial charge in [-0.2, -0.15) is 0 Å². The summed E-state index contributed by atoms with van der Waals surface area (Å²) in [6.07, 6.45) is 7.16. The maximum Gasteiger partial charge on any atom is 0.252 e. The van der Waals surface area contributed by atoms with Crippen molar-refractivity contribution in [2.24, 2.45) is 5.92 Å². The SMILES string of the molecule is O=C(NC1CCCCC1Cc1ccco1)c1ccccc1-c1ccccc1. The lowest BCUT2D eigenvalue weighted by Gasteiger charge is -2.32. The van der Waals surface area contributed by atoms with Gasteiger partial charge in [-0.25, -0.2) is 0 Å². The molecule has 0 spiro atoms. The Hall–Kier alpha value is -2.81. The third kappa shape index (κ3) is 4.13. The number of hydrogen-bond acceptors (Lipinski definition) is 2. The van der Waals surface area contributed by atoms with Crippen LogP contribution in [0.25, 0.3) is 11.1 Å². The molecule has 1 saturated carbocycles. The monoisotopic (exact) mass is 359 g/mol. The summed E-state index contributed by atoms with van der Waals surface area (Å²) in [6.45, 7) is 0. The van der Waals surface area contributed by atoms with E-state index in [1.165, 1.54) is 12.8 Å². The molecule has 3 nitrogen and oxygen atoms in total. The maximum absolute atomic E-state index is 13.1. The van der Waals surface area contributed by atoms with Crippen molar-refractivity contribution in [3.05, 3.63) is 84.3 Å². The Labute approximate surface area is 160 Å². The van der Waals surface area contributed by atoms with Crippen molar-refractivity contribution in [1.29, 1.82) is 0 Å². The molecule has 3 aromatic rings. The number of carbonyl (C=O) groups excluding carboxylic acids is 1. The van der Waals surface area contributed by atoms with Gasteiger partial charge >= 0.3 is 0 Å². The molecule has 1 N–H and O–H groups in total. The van der Waals surface area contributed by atoms with Gasteiger partial charge in [-0.05, 0) is 48.1 Å². The second-order valence-corrected chi connectivity index (χ2v) is 7.32. The molecule has 2 atom stereocenters. The molecule has 4 rings (SSSR count). The van der Waals surface area contributed by atoms with Crippen LogP contribution in [0.15, 0.2) is 77.4 Å². The standard InChI is InChI=1S/C24H25NO2/c26-24(22-14-6-5-13-21(22)18-9-2-1-3-10-18)25-23-15-7-4-11-19(23)17-20-12-8-16-27-20/h1-3,5-6,8-10,12-14,16,19,23H,4,7,11,15,17H2,(H,25,26). The molecule has 2 aromatic carbocycles. The molecule has 2 unspecified atom stereocenters. The van der Waals surface area contributed by atoms with Crippen LogP contribution in [-0.4, -0.2) is 11.9 Å². The van der Waals surface area contributed by atoms with E-state index in [4.69, 9.17) is 4.42 Å². The van der Waals surface area contributed by atoms with E-state index in [1.807, 2.05) is 66.7 Å². The van der Waals surface area contributed by atoms with E-state index >= 15 is 0 Å². The number of furan rings is 1. The summed E-state index contributed by atoms with van der Waals surface area (Å²) in [7, 11) is 0. The van der Waals surface area contributed by atoms with Gasteiger partial charge in [0.25, 0.3) is 5.91 Å². The van der Waals surface area contributed by atoms with E-state index in [-0.39, 0.29) is 11.9 Å². The van der Waals surface area contributed by atoms with Crippen LogP contribution in [0.3, 0.4) is 0 Å². The van der Waals surface area contributed by atoms with E-state index in [9.17, 15) is 4.79 Å². The first-order valence-electron chi connectivity index (χ1n) is 9.79. The highest BCUT2D eigenvalue weighted by Gasteiger charge is 2.28. The number of benzene rings is 2. The van der Waals surface area contributed by atoms with Crippen molar-refractivity contribution in [2.45, 2.75) is 38.1 Å². The van der Waals surface area contributed by atoms with Crippen molar-refractivity contribution in [2.75, 3.05) is 0 Å². The van der Waals surface area contributed by atoms with Crippen LogP contribution in [0, 0.1) is 5.92 Å². The van der Waals surface area contributed by atoms with Crippen LogP contribution >= 0.6 is 0 Å². The zero-order valence-electron chi connectivity index (χ0n) is 15.4. The Balaban J connectivity index is 1.53. The van der Waals surface area contributed by atoms with Crippen molar-refractivity contribution in [1.82, 2.24) is 5.32 Å². The van der Waals surface area contributed by atoms with Crippen molar-refractivity contribution >= 4 is 5.91 Å². The zero-order valence-corrected chi connectivity index (χ0v) is 15.4. The third-order valence-corrected chi connectivity index (χ3v) is 5.53. The van der Waals surface area contributed by atoms with Crippen LogP contribution in [0.1, 0.15) is 41.8 Å². The molecule has 138 valence electrons. The highest BCUT2D eigenvalue weighted by atomic mass is 16.3. The molecule has 0 bridgehead atoms. The second kappa shape index (κ2) is 8.26. The molecule has 1 aliphatic rings. The summed E-state index contributed by atoms with van der Waals surface area (Å²) in [5.41, 5.74) is 2.79. The normalized spacial score (nSPS) is 19.6. The second-order valence-electron chi connectivity index (χ2n) is 7.32. The number of carbonyl (C=O) groups is 1. The first kappa shape index (κ1) is 17.6. The average Bonchev–Trinajstić information content (AvgIpc) is 3.23. The van der Waals surface area contributed by atoms with Crippen LogP contribution < -0.4 is 5.32 Å². The van der Waals surface area contributed by atoms with Gasteiger partial charge in [0.2, 0.25) is 0 Å². The fourth-order valence-corrected chi connectivity index (χ4v) is 4.13. The molecule has 0 aliphatic heterocycles. The predicted octanol–water partition coefficient (Wildman–Crippen LogP) is 5.48. The Morgan fingerprint density at radius 3 is 2.52 bits per heavy atom. The van der Waals surface area contributed by atoms with Gasteiger partial charge < -0.3 is 9.73 Å². The summed E-state index contributed by atoms with van der Waals surface area (Å²) in [4.78, 5) is 13.1. The zero-order chi connectivity index (χ0) is 18.5. The summed E-state index contributed by atoms with van der Waals surface area (Å²) in [5.74, 6) is 1.45. The summed E-state index contributed by atoms with van der Waals surface area (Å²) < 4.78 is 5.54. The minimum Gasteiger partial charge on any atom is -0.469 e. The Bertz CT molecular complexity index is 870. The smallest absolute Gasteiger partial charge is 0.252 e. The molecular formula is C24H25NO2. The van der Waals surface area contributed by atoms with E-state index in [2.05, 4.69) is 5.32 Å². The molecule has 1 heterocycles. The Morgan fingerprint density at radius 1 is 0.926 bits per heavy atom. The Morgan fingerprint density at radius 2 is 1.70 bits per heavy atom. The molecule has 1 aliphatic carbocycles. The lowest BCUT2D eigenvalue weighted by atomic mass is 9.81. The van der Waals surface area contributed by atoms with Crippen LogP contribution in [0.5, 0.6) is 0 Å². The first-order valence-corrected chi connectivity index (χ1v) is 9.79. The van der Waals surface area contributed by atoms with Crippen molar-refractivity contribution < 1.29 is 9.21 Å². The van der Waals surface area contributed by atoms with Gasteiger partial charge in [-0.15, -0.1) is 0 Å². The molecular weight excluding hydrogens is 334 g/mol. The fourth-order valence-electron chi connectivity index (χ4n) is 4.13. The van der Waals surface area contributed by atoms with Gasteiger partial charge in [0.1, 0.15) is 5.76 Å². The van der Waals surface area contributed by atoms with E-state index in [1.54, 1.807) is 6.26 Å². The van der Waals surface area contributed by atoms with Gasteiger partial charge in [0, 0.05) is 18.0 Å². The molecule has 1 aromatic heterocycles. The van der Waals surface area contributed by atoms with E-state index in [0.29, 0.717) is 5.92 Å². The van der Waals surface area contributed by atoms with Crippen LogP contribution in [0.2, 0.25) is 0 Å². The number of hydrogen-bond donors (Lipinski definition) is 1. The number of amides is 1. The quantitative estimate of drug-likeness (QED) is 0.655. The minimum atomic E-state index is 0.0193. The van der Waals surface area contributed by atoms with Gasteiger partial charge in [-0.1, -0.05) is 61.4 Å². The average molecular weight is 359 g/mol. The Kier molecular flexibility index (Phi) is 5.38. The van der Waals surface area contributed by atoms with Crippen molar-refractivity contribution in [3.63, 3.8) is 0 Å². The summed E-state index contributed by atoms with van der Waals surface area (Å²) >= 11 is 0. The maximum atomic E-state index is 13.1. The molecule has 27 heavy (non-hydrogen) atoms. The number of rotatable bonds is 5. The lowest BCUT2D eigenvalue weighted by Crippen LogP contribution is -2.43. The van der Waals surface area contributed by atoms with Crippen molar-refractivity contribution in [3.8, 4) is 11.1 Å². The van der Waals surface area contributed by atoms with Gasteiger partial charge in [0.15, 0.2) is 0 Å². The lowest BCUT2D eigenvalue weighted by molar-refractivity contribution is 0.0904. The van der Waals surface area contributed by atoms with E-state index < -0.39 is 0 Å². The highest BCUT2D eigenvalue weighted by molar-refractivity contribution is 6.01. The highest BCUT2D eigenvalue weighted by Crippen LogP contribution is 2.29. The van der Waals surface area contributed by atoms with E-state index in [0.717, 1.165) is 41.7 Å². The summed E-state index contributed by atoms with van der Waals surface area (Å²) in [6, 6.07) is 22.1. The largest absolute Gasteiger partial charge is 0.469 e. The van der Waals surface area contributed by atoms with Crippen LogP contribution in [0.4, 0.5) is 0 Å². The molecule has 3 heteroatoms. The summed E-state index contributed by atoms with van der Waals surface area (Å²) in [5, 5.41) is 3.33.